The fraction of sp³-hybridized carbons (Fsp3) is 0.600. The zero-order valence-corrected chi connectivity index (χ0v) is 13.0. The number of benzene rings is 1. The summed E-state index contributed by atoms with van der Waals surface area (Å²) in [6.45, 7) is 6.67. The van der Waals surface area contributed by atoms with Crippen LogP contribution >= 0.6 is 15.9 Å². The lowest BCUT2D eigenvalue weighted by molar-refractivity contribution is 0.337. The Labute approximate surface area is 118 Å². The van der Waals surface area contributed by atoms with E-state index in [0.29, 0.717) is 5.41 Å². The lowest BCUT2D eigenvalue weighted by atomic mass is 9.92. The van der Waals surface area contributed by atoms with Crippen LogP contribution in [0.5, 0.6) is 5.75 Å². The topological polar surface area (TPSA) is 21.3 Å². The molecule has 0 radical (unpaired) electrons. The molecule has 1 N–H and O–H groups in total. The summed E-state index contributed by atoms with van der Waals surface area (Å²) in [6.07, 6.45) is 2.74. The van der Waals surface area contributed by atoms with Crippen molar-refractivity contribution in [1.29, 1.82) is 0 Å². The molecule has 0 aromatic heterocycles. The third-order valence-corrected chi connectivity index (χ3v) is 4.94. The summed E-state index contributed by atoms with van der Waals surface area (Å²) < 4.78 is 6.40. The van der Waals surface area contributed by atoms with Crippen molar-refractivity contribution in [3.8, 4) is 5.75 Å². The minimum Gasteiger partial charge on any atom is -0.497 e. The van der Waals surface area contributed by atoms with Gasteiger partial charge in [0.2, 0.25) is 0 Å². The summed E-state index contributed by atoms with van der Waals surface area (Å²) in [6, 6.07) is 6.11. The molecule has 2 nitrogen and oxygen atoms in total. The van der Waals surface area contributed by atoms with Crippen LogP contribution in [0.25, 0.3) is 0 Å². The number of nitrogens with one attached hydrogen (secondary N) is 1. The van der Waals surface area contributed by atoms with Gasteiger partial charge < -0.3 is 10.1 Å². The maximum atomic E-state index is 5.26. The van der Waals surface area contributed by atoms with E-state index in [1.165, 1.54) is 18.4 Å². The van der Waals surface area contributed by atoms with Gasteiger partial charge in [0.1, 0.15) is 5.75 Å². The molecule has 0 unspecified atom stereocenters. The van der Waals surface area contributed by atoms with Gasteiger partial charge in [-0.3, -0.25) is 0 Å². The van der Waals surface area contributed by atoms with Crippen LogP contribution in [0.3, 0.4) is 0 Å². The van der Waals surface area contributed by atoms with Crippen molar-refractivity contribution in [3.63, 3.8) is 0 Å². The molecular formula is C15H22BrNO. The lowest BCUT2D eigenvalue weighted by Crippen LogP contribution is -2.27. The van der Waals surface area contributed by atoms with Gasteiger partial charge in [0, 0.05) is 17.6 Å². The molecule has 0 spiro atoms. The summed E-state index contributed by atoms with van der Waals surface area (Å²) in [5.41, 5.74) is 1.82. The van der Waals surface area contributed by atoms with Crippen molar-refractivity contribution in [2.24, 2.45) is 11.3 Å². The molecule has 2 rings (SSSR count). The number of rotatable bonds is 6. The average Bonchev–Trinajstić information content (AvgIpc) is 3.13. The normalized spacial score (nSPS) is 16.9. The van der Waals surface area contributed by atoms with Crippen LogP contribution in [0.15, 0.2) is 22.7 Å². The van der Waals surface area contributed by atoms with Gasteiger partial charge in [0.15, 0.2) is 0 Å². The minimum atomic E-state index is 0.561. The summed E-state index contributed by atoms with van der Waals surface area (Å²) in [5.74, 6) is 1.69. The largest absolute Gasteiger partial charge is 0.497 e. The third-order valence-electron chi connectivity index (χ3n) is 4.16. The third kappa shape index (κ3) is 3.07. The molecule has 1 aliphatic rings. The smallest absolute Gasteiger partial charge is 0.119 e. The van der Waals surface area contributed by atoms with Crippen molar-refractivity contribution >= 4 is 15.9 Å². The van der Waals surface area contributed by atoms with Gasteiger partial charge >= 0.3 is 0 Å². The Kier molecular flexibility index (Phi) is 4.33. The molecule has 1 aliphatic carbocycles. The van der Waals surface area contributed by atoms with Gasteiger partial charge in [-0.15, -0.1) is 0 Å². The molecule has 0 heterocycles. The number of hydrogen-bond acceptors (Lipinski definition) is 2. The molecular weight excluding hydrogens is 290 g/mol. The molecule has 0 amide bonds. The highest BCUT2D eigenvalue weighted by Gasteiger charge is 2.44. The van der Waals surface area contributed by atoms with Crippen molar-refractivity contribution in [1.82, 2.24) is 5.32 Å². The first kappa shape index (κ1) is 13.9. The number of halogens is 1. The standard InChI is InChI=1S/C15H22BrNO/c1-11(2)15(6-7-15)10-17-9-12-8-13(18-3)4-5-14(12)16/h4-5,8,11,17H,6-7,9-10H2,1-3H3. The molecule has 1 aromatic carbocycles. The Bertz CT molecular complexity index is 413. The zero-order chi connectivity index (χ0) is 13.2. The van der Waals surface area contributed by atoms with E-state index >= 15 is 0 Å². The van der Waals surface area contributed by atoms with E-state index in [4.69, 9.17) is 4.74 Å². The molecule has 0 atom stereocenters. The quantitative estimate of drug-likeness (QED) is 0.858. The molecule has 0 saturated heterocycles. The predicted molar refractivity (Wildman–Crippen MR) is 78.9 cm³/mol. The van der Waals surface area contributed by atoms with Crippen LogP contribution in [0, 0.1) is 11.3 Å². The highest BCUT2D eigenvalue weighted by atomic mass is 79.9. The van der Waals surface area contributed by atoms with Crippen LogP contribution < -0.4 is 10.1 Å². The lowest BCUT2D eigenvalue weighted by Gasteiger charge is -2.20. The number of ether oxygens (including phenoxy) is 1. The van der Waals surface area contributed by atoms with Gasteiger partial charge in [-0.2, -0.15) is 0 Å². The van der Waals surface area contributed by atoms with Gasteiger partial charge in [0.05, 0.1) is 7.11 Å². The van der Waals surface area contributed by atoms with Gasteiger partial charge in [0.25, 0.3) is 0 Å². The first-order valence-corrected chi connectivity index (χ1v) is 7.40. The Morgan fingerprint density at radius 2 is 2.11 bits per heavy atom. The molecule has 0 bridgehead atoms. The second-order valence-electron chi connectivity index (χ2n) is 5.58. The Morgan fingerprint density at radius 1 is 1.39 bits per heavy atom. The Hall–Kier alpha value is -0.540. The maximum Gasteiger partial charge on any atom is 0.119 e. The maximum absolute atomic E-state index is 5.26. The molecule has 100 valence electrons. The van der Waals surface area contributed by atoms with Crippen LogP contribution in [0.1, 0.15) is 32.3 Å². The van der Waals surface area contributed by atoms with Crippen molar-refractivity contribution in [3.05, 3.63) is 28.2 Å². The van der Waals surface area contributed by atoms with Gasteiger partial charge in [-0.05, 0) is 47.9 Å². The van der Waals surface area contributed by atoms with Gasteiger partial charge in [-0.1, -0.05) is 29.8 Å². The first-order chi connectivity index (χ1) is 8.57. The zero-order valence-electron chi connectivity index (χ0n) is 11.4. The molecule has 1 saturated carbocycles. The minimum absolute atomic E-state index is 0.561. The second-order valence-corrected chi connectivity index (χ2v) is 6.43. The molecule has 3 heteroatoms. The van der Waals surface area contributed by atoms with E-state index < -0.39 is 0 Å². The summed E-state index contributed by atoms with van der Waals surface area (Å²) >= 11 is 3.59. The van der Waals surface area contributed by atoms with Crippen molar-refractivity contribution in [2.75, 3.05) is 13.7 Å². The summed E-state index contributed by atoms with van der Waals surface area (Å²) in [4.78, 5) is 0. The first-order valence-electron chi connectivity index (χ1n) is 6.60. The summed E-state index contributed by atoms with van der Waals surface area (Å²) in [5, 5.41) is 3.59. The van der Waals surface area contributed by atoms with Gasteiger partial charge in [-0.25, -0.2) is 0 Å². The predicted octanol–water partition coefficient (Wildman–Crippen LogP) is 3.98. The monoisotopic (exact) mass is 311 g/mol. The Morgan fingerprint density at radius 3 is 2.67 bits per heavy atom. The fourth-order valence-corrected chi connectivity index (χ4v) is 2.77. The van der Waals surface area contributed by atoms with Crippen LogP contribution in [-0.2, 0) is 6.54 Å². The van der Waals surface area contributed by atoms with E-state index in [9.17, 15) is 0 Å². The van der Waals surface area contributed by atoms with Crippen LogP contribution in [0.2, 0.25) is 0 Å². The number of hydrogen-bond donors (Lipinski definition) is 1. The molecule has 0 aliphatic heterocycles. The van der Waals surface area contributed by atoms with Crippen molar-refractivity contribution < 1.29 is 4.74 Å². The SMILES string of the molecule is COc1ccc(Br)c(CNCC2(C(C)C)CC2)c1. The Balaban J connectivity index is 1.90. The van der Waals surface area contributed by atoms with Crippen LogP contribution in [-0.4, -0.2) is 13.7 Å². The van der Waals surface area contributed by atoms with E-state index in [0.717, 1.165) is 29.2 Å². The second kappa shape index (κ2) is 5.62. The van der Waals surface area contributed by atoms with Crippen LogP contribution in [0.4, 0.5) is 0 Å². The number of methoxy groups -OCH3 is 1. The average molecular weight is 312 g/mol. The molecule has 1 fully saturated rings. The fourth-order valence-electron chi connectivity index (χ4n) is 2.38. The van der Waals surface area contributed by atoms with E-state index in [2.05, 4.69) is 41.2 Å². The molecule has 1 aromatic rings. The highest BCUT2D eigenvalue weighted by molar-refractivity contribution is 9.10. The van der Waals surface area contributed by atoms with E-state index in [1.807, 2.05) is 12.1 Å². The summed E-state index contributed by atoms with van der Waals surface area (Å²) in [7, 11) is 1.71. The van der Waals surface area contributed by atoms with E-state index in [1.54, 1.807) is 7.11 Å². The van der Waals surface area contributed by atoms with E-state index in [-0.39, 0.29) is 0 Å². The molecule has 18 heavy (non-hydrogen) atoms. The highest BCUT2D eigenvalue weighted by Crippen LogP contribution is 2.51. The van der Waals surface area contributed by atoms with Crippen molar-refractivity contribution in [2.45, 2.75) is 33.2 Å².